The molecule has 1 atom stereocenters. The lowest BCUT2D eigenvalue weighted by atomic mass is 10.1. The van der Waals surface area contributed by atoms with Gasteiger partial charge in [0.2, 0.25) is 10.0 Å². The van der Waals surface area contributed by atoms with E-state index >= 15 is 0 Å². The lowest BCUT2D eigenvalue weighted by molar-refractivity contribution is 0.459. The highest BCUT2D eigenvalue weighted by Crippen LogP contribution is 2.23. The van der Waals surface area contributed by atoms with Crippen molar-refractivity contribution in [3.8, 4) is 0 Å². The minimum absolute atomic E-state index is 0.304. The van der Waals surface area contributed by atoms with Gasteiger partial charge in [-0.15, -0.1) is 0 Å². The summed E-state index contributed by atoms with van der Waals surface area (Å²) in [7, 11) is -1.49. The Kier molecular flexibility index (Phi) is 3.05. The van der Waals surface area contributed by atoms with Crippen molar-refractivity contribution in [2.45, 2.75) is 11.3 Å². The average molecular weight is 243 g/mol. The zero-order valence-electron chi connectivity index (χ0n) is 9.33. The maximum atomic E-state index is 12.2. The Hall–Kier alpha value is -0.850. The molecule has 1 fully saturated rings. The smallest absolute Gasteiger partial charge is 0.244 e. The van der Waals surface area contributed by atoms with Crippen molar-refractivity contribution in [3.63, 3.8) is 0 Å². The lowest BCUT2D eigenvalue weighted by Gasteiger charge is -2.15. The van der Waals surface area contributed by atoms with E-state index in [1.807, 2.05) is 7.05 Å². The highest BCUT2D eigenvalue weighted by Gasteiger charge is 2.32. The Bertz CT molecular complexity index is 466. The van der Waals surface area contributed by atoms with Crippen molar-refractivity contribution < 1.29 is 8.42 Å². The molecule has 5 nitrogen and oxygen atoms in total. The Morgan fingerprint density at radius 3 is 2.81 bits per heavy atom. The van der Waals surface area contributed by atoms with E-state index in [2.05, 4.69) is 0 Å². The van der Waals surface area contributed by atoms with Gasteiger partial charge >= 0.3 is 0 Å². The van der Waals surface area contributed by atoms with Crippen LogP contribution in [0.25, 0.3) is 0 Å². The van der Waals surface area contributed by atoms with Crippen LogP contribution >= 0.6 is 0 Å². The fourth-order valence-electron chi connectivity index (χ4n) is 1.99. The van der Waals surface area contributed by atoms with Crippen molar-refractivity contribution in [1.82, 2.24) is 8.87 Å². The second-order valence-corrected chi connectivity index (χ2v) is 6.20. The van der Waals surface area contributed by atoms with E-state index in [0.29, 0.717) is 30.4 Å². The summed E-state index contributed by atoms with van der Waals surface area (Å²) in [5, 5.41) is 0. The number of rotatable bonds is 3. The lowest BCUT2D eigenvalue weighted by Crippen LogP contribution is -2.29. The van der Waals surface area contributed by atoms with Gasteiger partial charge in [-0.1, -0.05) is 0 Å². The molecule has 0 aromatic carbocycles. The molecule has 0 amide bonds. The Labute approximate surface area is 95.9 Å². The van der Waals surface area contributed by atoms with Gasteiger partial charge in [0.15, 0.2) is 0 Å². The van der Waals surface area contributed by atoms with Crippen LogP contribution in [0.4, 0.5) is 0 Å². The fourth-order valence-corrected chi connectivity index (χ4v) is 3.57. The molecule has 6 heteroatoms. The van der Waals surface area contributed by atoms with Gasteiger partial charge in [0.25, 0.3) is 0 Å². The van der Waals surface area contributed by atoms with Gasteiger partial charge in [-0.2, -0.15) is 4.31 Å². The molecule has 0 bridgehead atoms. The van der Waals surface area contributed by atoms with Crippen molar-refractivity contribution >= 4 is 10.0 Å². The minimum atomic E-state index is -3.30. The van der Waals surface area contributed by atoms with Crippen molar-refractivity contribution in [2.24, 2.45) is 18.7 Å². The van der Waals surface area contributed by atoms with Crippen LogP contribution in [-0.4, -0.2) is 36.9 Å². The summed E-state index contributed by atoms with van der Waals surface area (Å²) in [5.74, 6) is 0.304. The Morgan fingerprint density at radius 1 is 1.56 bits per heavy atom. The largest absolute Gasteiger partial charge is 0.356 e. The summed E-state index contributed by atoms with van der Waals surface area (Å²) in [5.41, 5.74) is 5.56. The van der Waals surface area contributed by atoms with E-state index < -0.39 is 10.0 Å². The summed E-state index contributed by atoms with van der Waals surface area (Å²) < 4.78 is 27.6. The first-order valence-corrected chi connectivity index (χ1v) is 6.80. The molecule has 1 unspecified atom stereocenters. The van der Waals surface area contributed by atoms with E-state index in [0.717, 1.165) is 6.42 Å². The zero-order valence-corrected chi connectivity index (χ0v) is 10.2. The molecule has 1 aliphatic heterocycles. The monoisotopic (exact) mass is 243 g/mol. The summed E-state index contributed by atoms with van der Waals surface area (Å²) in [4.78, 5) is 0.368. The molecular weight excluding hydrogens is 226 g/mol. The topological polar surface area (TPSA) is 68.3 Å². The number of nitrogens with zero attached hydrogens (tertiary/aromatic N) is 2. The maximum Gasteiger partial charge on any atom is 0.244 e. The average Bonchev–Trinajstić information content (AvgIpc) is 2.85. The zero-order chi connectivity index (χ0) is 11.8. The van der Waals surface area contributed by atoms with Gasteiger partial charge in [-0.3, -0.25) is 0 Å². The molecule has 1 aliphatic rings. The highest BCUT2D eigenvalue weighted by atomic mass is 32.2. The van der Waals surface area contributed by atoms with Gasteiger partial charge < -0.3 is 10.3 Å². The molecule has 90 valence electrons. The molecule has 16 heavy (non-hydrogen) atoms. The van der Waals surface area contributed by atoms with Crippen LogP contribution in [0, 0.1) is 5.92 Å². The van der Waals surface area contributed by atoms with E-state index in [9.17, 15) is 8.42 Å². The van der Waals surface area contributed by atoms with Crippen molar-refractivity contribution in [2.75, 3.05) is 19.6 Å². The van der Waals surface area contributed by atoms with Crippen molar-refractivity contribution in [1.29, 1.82) is 0 Å². The summed E-state index contributed by atoms with van der Waals surface area (Å²) in [6, 6.07) is 1.63. The number of nitrogens with two attached hydrogens (primary N) is 1. The number of sulfonamides is 1. The van der Waals surface area contributed by atoms with E-state index in [1.165, 1.54) is 4.31 Å². The van der Waals surface area contributed by atoms with Gasteiger partial charge in [-0.25, -0.2) is 8.42 Å². The maximum absolute atomic E-state index is 12.2. The fraction of sp³-hybridized carbons (Fsp3) is 0.600. The van der Waals surface area contributed by atoms with E-state index in [4.69, 9.17) is 5.73 Å². The third kappa shape index (κ3) is 2.00. The number of aromatic nitrogens is 1. The summed E-state index contributed by atoms with van der Waals surface area (Å²) in [6.07, 6.45) is 4.23. The predicted molar refractivity (Wildman–Crippen MR) is 61.3 cm³/mol. The van der Waals surface area contributed by atoms with Crippen LogP contribution in [-0.2, 0) is 17.1 Å². The third-order valence-electron chi connectivity index (χ3n) is 3.02. The van der Waals surface area contributed by atoms with E-state index in [-0.39, 0.29) is 0 Å². The minimum Gasteiger partial charge on any atom is -0.356 e. The second kappa shape index (κ2) is 4.20. The number of aryl methyl sites for hydroxylation is 1. The van der Waals surface area contributed by atoms with E-state index in [1.54, 1.807) is 23.0 Å². The molecule has 0 aliphatic carbocycles. The summed E-state index contributed by atoms with van der Waals surface area (Å²) >= 11 is 0. The molecule has 2 N–H and O–H groups in total. The standard InChI is InChI=1S/C10H17N3O2S/c1-12-4-3-10(8-12)16(14,15)13-5-2-9(6-11)7-13/h3-4,8-9H,2,5-7,11H2,1H3. The van der Waals surface area contributed by atoms with Gasteiger partial charge in [0.05, 0.1) is 4.90 Å². The van der Waals surface area contributed by atoms with Crippen LogP contribution in [0.2, 0.25) is 0 Å². The molecule has 1 saturated heterocycles. The van der Waals surface area contributed by atoms with Gasteiger partial charge in [0, 0.05) is 32.5 Å². The van der Waals surface area contributed by atoms with Crippen LogP contribution in [0.5, 0.6) is 0 Å². The molecule has 0 saturated carbocycles. The highest BCUT2D eigenvalue weighted by molar-refractivity contribution is 7.89. The Morgan fingerprint density at radius 2 is 2.31 bits per heavy atom. The van der Waals surface area contributed by atoms with Gasteiger partial charge in [-0.05, 0) is 24.9 Å². The normalized spacial score (nSPS) is 22.8. The second-order valence-electron chi connectivity index (χ2n) is 4.27. The third-order valence-corrected chi connectivity index (χ3v) is 4.87. The molecule has 2 heterocycles. The van der Waals surface area contributed by atoms with Crippen LogP contribution < -0.4 is 5.73 Å². The summed E-state index contributed by atoms with van der Waals surface area (Å²) in [6.45, 7) is 1.69. The van der Waals surface area contributed by atoms with Crippen LogP contribution in [0.1, 0.15) is 6.42 Å². The number of hydrogen-bond donors (Lipinski definition) is 1. The molecule has 2 rings (SSSR count). The van der Waals surface area contributed by atoms with Gasteiger partial charge in [0.1, 0.15) is 0 Å². The molecular formula is C10H17N3O2S. The van der Waals surface area contributed by atoms with Crippen LogP contribution in [0.15, 0.2) is 23.4 Å². The Balaban J connectivity index is 2.21. The molecule has 0 radical (unpaired) electrons. The first-order chi connectivity index (χ1) is 7.54. The molecule has 1 aromatic heterocycles. The first-order valence-electron chi connectivity index (χ1n) is 5.36. The van der Waals surface area contributed by atoms with Crippen molar-refractivity contribution in [3.05, 3.63) is 18.5 Å². The molecule has 1 aromatic rings. The predicted octanol–water partition coefficient (Wildman–Crippen LogP) is -0.00560. The quantitative estimate of drug-likeness (QED) is 0.812. The first kappa shape index (κ1) is 11.6. The van der Waals surface area contributed by atoms with Crippen LogP contribution in [0.3, 0.4) is 0 Å². The molecule has 0 spiro atoms. The number of hydrogen-bond acceptors (Lipinski definition) is 3. The SMILES string of the molecule is Cn1ccc(S(=O)(=O)N2CCC(CN)C2)c1.